The van der Waals surface area contributed by atoms with Gasteiger partial charge in [-0.25, -0.2) is 9.97 Å². The molecular weight excluding hydrogens is 338 g/mol. The van der Waals surface area contributed by atoms with Crippen LogP contribution in [-0.2, 0) is 6.54 Å². The minimum Gasteiger partial charge on any atom is -0.497 e. The van der Waals surface area contributed by atoms with E-state index in [4.69, 9.17) is 9.47 Å². The van der Waals surface area contributed by atoms with Gasteiger partial charge in [0.1, 0.15) is 17.1 Å². The maximum atomic E-state index is 13.0. The van der Waals surface area contributed by atoms with Crippen LogP contribution in [0.25, 0.3) is 22.2 Å². The van der Waals surface area contributed by atoms with Crippen LogP contribution in [0.1, 0.15) is 6.92 Å². The van der Waals surface area contributed by atoms with Gasteiger partial charge >= 0.3 is 0 Å². The van der Waals surface area contributed by atoms with Gasteiger partial charge in [0.25, 0.3) is 5.56 Å². The Morgan fingerprint density at radius 1 is 1.12 bits per heavy atom. The monoisotopic (exact) mass is 357 g/mol. The molecule has 0 saturated carbocycles. The molecule has 3 rings (SSSR count). The average molecular weight is 357 g/mol. The van der Waals surface area contributed by atoms with Gasteiger partial charge in [0.15, 0.2) is 5.16 Å². The first-order valence-electron chi connectivity index (χ1n) is 7.79. The molecule has 0 fully saturated rings. The molecule has 0 aliphatic heterocycles. The van der Waals surface area contributed by atoms with E-state index in [2.05, 4.69) is 9.97 Å². The number of hydrogen-bond donors (Lipinski definition) is 0. The lowest BCUT2D eigenvalue weighted by atomic mass is 10.1. The fourth-order valence-electron chi connectivity index (χ4n) is 2.70. The summed E-state index contributed by atoms with van der Waals surface area (Å²) in [6, 6.07) is 7.24. The van der Waals surface area contributed by atoms with Crippen molar-refractivity contribution in [3.05, 3.63) is 40.8 Å². The molecule has 0 amide bonds. The average Bonchev–Trinajstić information content (AvgIpc) is 2.66. The fraction of sp³-hybridized carbons (Fsp3) is 0.278. The molecule has 0 bridgehead atoms. The zero-order valence-electron chi connectivity index (χ0n) is 14.6. The van der Waals surface area contributed by atoms with Crippen LogP contribution in [0.15, 0.2) is 40.4 Å². The van der Waals surface area contributed by atoms with E-state index in [0.29, 0.717) is 34.4 Å². The SMILES string of the molecule is CCn1c(=O)c(-c2cc(OC)cc(OC)c2)cc2cnc(SC)nc21. The molecular formula is C18H19N3O3S. The van der Waals surface area contributed by atoms with Crippen molar-refractivity contribution >= 4 is 22.8 Å². The second kappa shape index (κ2) is 7.14. The van der Waals surface area contributed by atoms with Gasteiger partial charge in [0.05, 0.1) is 14.2 Å². The molecule has 7 heteroatoms. The molecule has 0 saturated heterocycles. The third kappa shape index (κ3) is 3.19. The number of rotatable bonds is 5. The molecule has 2 aromatic heterocycles. The first-order chi connectivity index (χ1) is 12.1. The molecule has 130 valence electrons. The Morgan fingerprint density at radius 3 is 2.36 bits per heavy atom. The second-order valence-corrected chi connectivity index (χ2v) is 6.12. The predicted molar refractivity (Wildman–Crippen MR) is 99.8 cm³/mol. The number of fused-ring (bicyclic) bond motifs is 1. The van der Waals surface area contributed by atoms with Crippen molar-refractivity contribution in [3.8, 4) is 22.6 Å². The Labute approximate surface area is 149 Å². The van der Waals surface area contributed by atoms with Crippen LogP contribution in [0.5, 0.6) is 11.5 Å². The summed E-state index contributed by atoms with van der Waals surface area (Å²) < 4.78 is 12.3. The van der Waals surface area contributed by atoms with Gasteiger partial charge in [-0.1, -0.05) is 11.8 Å². The third-order valence-electron chi connectivity index (χ3n) is 3.97. The first-order valence-corrected chi connectivity index (χ1v) is 9.01. The van der Waals surface area contributed by atoms with Crippen LogP contribution in [0.2, 0.25) is 0 Å². The minimum atomic E-state index is -0.101. The Morgan fingerprint density at radius 2 is 1.80 bits per heavy atom. The summed E-state index contributed by atoms with van der Waals surface area (Å²) in [6.07, 6.45) is 3.66. The number of benzene rings is 1. The number of hydrogen-bond acceptors (Lipinski definition) is 6. The summed E-state index contributed by atoms with van der Waals surface area (Å²) in [5.41, 5.74) is 1.84. The first kappa shape index (κ1) is 17.3. The molecule has 6 nitrogen and oxygen atoms in total. The van der Waals surface area contributed by atoms with Crippen LogP contribution in [0.4, 0.5) is 0 Å². The number of pyridine rings is 1. The highest BCUT2D eigenvalue weighted by atomic mass is 32.2. The smallest absolute Gasteiger partial charge is 0.260 e. The molecule has 0 aliphatic rings. The van der Waals surface area contributed by atoms with Crippen molar-refractivity contribution in [2.75, 3.05) is 20.5 Å². The van der Waals surface area contributed by atoms with E-state index in [0.717, 1.165) is 10.9 Å². The van der Waals surface area contributed by atoms with E-state index >= 15 is 0 Å². The van der Waals surface area contributed by atoms with Crippen LogP contribution < -0.4 is 15.0 Å². The van der Waals surface area contributed by atoms with Gasteiger partial charge in [-0.2, -0.15) is 0 Å². The minimum absolute atomic E-state index is 0.101. The zero-order chi connectivity index (χ0) is 18.0. The standard InChI is InChI=1S/C18H19N3O3S/c1-5-21-16-12(10-19-18(20-16)25-4)8-15(17(21)22)11-6-13(23-2)9-14(7-11)24-3/h6-10H,5H2,1-4H3. The predicted octanol–water partition coefficient (Wildman–Crippen LogP) is 3.22. The van der Waals surface area contributed by atoms with E-state index in [9.17, 15) is 4.79 Å². The number of nitrogens with zero attached hydrogens (tertiary/aromatic N) is 3. The van der Waals surface area contributed by atoms with Gasteiger partial charge in [-0.3, -0.25) is 9.36 Å². The highest BCUT2D eigenvalue weighted by Gasteiger charge is 2.14. The van der Waals surface area contributed by atoms with Crippen molar-refractivity contribution < 1.29 is 9.47 Å². The summed E-state index contributed by atoms with van der Waals surface area (Å²) in [5, 5.41) is 1.46. The number of aromatic nitrogens is 3. The highest BCUT2D eigenvalue weighted by Crippen LogP contribution is 2.29. The largest absolute Gasteiger partial charge is 0.497 e. The summed E-state index contributed by atoms with van der Waals surface area (Å²) >= 11 is 1.45. The molecule has 1 aromatic carbocycles. The summed E-state index contributed by atoms with van der Waals surface area (Å²) in [4.78, 5) is 21.8. The molecule has 0 atom stereocenters. The normalized spacial score (nSPS) is 10.9. The van der Waals surface area contributed by atoms with E-state index in [1.807, 2.05) is 31.4 Å². The summed E-state index contributed by atoms with van der Waals surface area (Å²) in [7, 11) is 3.17. The summed E-state index contributed by atoms with van der Waals surface area (Å²) in [6.45, 7) is 2.45. The number of methoxy groups -OCH3 is 2. The molecule has 2 heterocycles. The maximum absolute atomic E-state index is 13.0. The van der Waals surface area contributed by atoms with E-state index in [1.54, 1.807) is 31.0 Å². The fourth-order valence-corrected chi connectivity index (χ4v) is 3.04. The Kier molecular flexibility index (Phi) is 4.94. The van der Waals surface area contributed by atoms with Crippen molar-refractivity contribution in [2.24, 2.45) is 0 Å². The van der Waals surface area contributed by atoms with Crippen molar-refractivity contribution in [2.45, 2.75) is 18.6 Å². The van der Waals surface area contributed by atoms with Gasteiger partial charge in [0, 0.05) is 29.8 Å². The van der Waals surface area contributed by atoms with Crippen LogP contribution in [-0.4, -0.2) is 35.0 Å². The number of ether oxygens (including phenoxy) is 2. The molecule has 0 N–H and O–H groups in total. The van der Waals surface area contributed by atoms with Crippen LogP contribution in [0.3, 0.4) is 0 Å². The topological polar surface area (TPSA) is 66.2 Å². The lowest BCUT2D eigenvalue weighted by molar-refractivity contribution is 0.394. The zero-order valence-corrected chi connectivity index (χ0v) is 15.4. The van der Waals surface area contributed by atoms with Crippen LogP contribution >= 0.6 is 11.8 Å². The Hall–Kier alpha value is -2.54. The van der Waals surface area contributed by atoms with Crippen molar-refractivity contribution in [1.82, 2.24) is 14.5 Å². The van der Waals surface area contributed by atoms with E-state index in [1.165, 1.54) is 11.8 Å². The highest BCUT2D eigenvalue weighted by molar-refractivity contribution is 7.98. The Balaban J connectivity index is 2.31. The second-order valence-electron chi connectivity index (χ2n) is 5.34. The van der Waals surface area contributed by atoms with Crippen molar-refractivity contribution in [3.63, 3.8) is 0 Å². The molecule has 0 aliphatic carbocycles. The lowest BCUT2D eigenvalue weighted by Gasteiger charge is -2.12. The maximum Gasteiger partial charge on any atom is 0.260 e. The quantitative estimate of drug-likeness (QED) is 0.516. The molecule has 0 unspecified atom stereocenters. The van der Waals surface area contributed by atoms with Crippen LogP contribution in [0, 0.1) is 0 Å². The van der Waals surface area contributed by atoms with E-state index < -0.39 is 0 Å². The van der Waals surface area contributed by atoms with Gasteiger partial charge < -0.3 is 9.47 Å². The third-order valence-corrected chi connectivity index (χ3v) is 4.53. The molecule has 3 aromatic rings. The summed E-state index contributed by atoms with van der Waals surface area (Å²) in [5.74, 6) is 1.26. The van der Waals surface area contributed by atoms with E-state index in [-0.39, 0.29) is 5.56 Å². The Bertz CT molecular complexity index is 963. The molecule has 0 radical (unpaired) electrons. The number of aryl methyl sites for hydroxylation is 1. The van der Waals surface area contributed by atoms with Gasteiger partial charge in [0.2, 0.25) is 0 Å². The molecule has 25 heavy (non-hydrogen) atoms. The van der Waals surface area contributed by atoms with Gasteiger partial charge in [-0.05, 0) is 36.9 Å². The number of thioether (sulfide) groups is 1. The lowest BCUT2D eigenvalue weighted by Crippen LogP contribution is -2.22. The van der Waals surface area contributed by atoms with Crippen molar-refractivity contribution in [1.29, 1.82) is 0 Å². The molecule has 0 spiro atoms. The van der Waals surface area contributed by atoms with Gasteiger partial charge in [-0.15, -0.1) is 0 Å².